The molecule has 0 spiro atoms. The smallest absolute Gasteiger partial charge is 0.404 e. The first-order valence-corrected chi connectivity index (χ1v) is 6.78. The highest BCUT2D eigenvalue weighted by atomic mass is 31.2. The Labute approximate surface area is 95.5 Å². The monoisotopic (exact) mass is 244 g/mol. The second-order valence-corrected chi connectivity index (χ2v) is 4.79. The zero-order chi connectivity index (χ0) is 12.3. The van der Waals surface area contributed by atoms with Crippen molar-refractivity contribution < 1.29 is 18.9 Å². The van der Waals surface area contributed by atoms with Gasteiger partial charge in [0.2, 0.25) is 0 Å². The van der Waals surface area contributed by atoms with E-state index in [1.54, 1.807) is 6.07 Å². The van der Waals surface area contributed by atoms with Crippen molar-refractivity contribution in [3.63, 3.8) is 0 Å². The molecule has 90 valence electrons. The summed E-state index contributed by atoms with van der Waals surface area (Å²) in [4.78, 5) is 17.6. The van der Waals surface area contributed by atoms with Gasteiger partial charge in [0.25, 0.3) is 0 Å². The first kappa shape index (κ1) is 13.2. The van der Waals surface area contributed by atoms with Gasteiger partial charge in [-0.2, -0.15) is 0 Å². The largest absolute Gasteiger partial charge is 0.524 e. The molecule has 0 heterocycles. The Balaban J connectivity index is 3.25. The van der Waals surface area contributed by atoms with Crippen molar-refractivity contribution in [2.45, 2.75) is 33.6 Å². The van der Waals surface area contributed by atoms with Crippen LogP contribution in [0.4, 0.5) is 0 Å². The molecule has 5 heteroatoms. The summed E-state index contributed by atoms with van der Waals surface area (Å²) < 4.78 is 15.5. The zero-order valence-electron chi connectivity index (χ0n) is 9.73. The molecule has 0 amide bonds. The predicted molar refractivity (Wildman–Crippen MR) is 62.6 cm³/mol. The van der Waals surface area contributed by atoms with Gasteiger partial charge in [0.15, 0.2) is 0 Å². The van der Waals surface area contributed by atoms with Gasteiger partial charge in [-0.15, -0.1) is 0 Å². The first-order chi connectivity index (χ1) is 7.39. The molecule has 0 saturated heterocycles. The molecule has 0 aliphatic carbocycles. The number of hydrogen-bond donors (Lipinski definition) is 2. The second-order valence-electron chi connectivity index (χ2n) is 3.63. The van der Waals surface area contributed by atoms with Crippen molar-refractivity contribution in [1.82, 2.24) is 0 Å². The van der Waals surface area contributed by atoms with Crippen LogP contribution < -0.4 is 4.52 Å². The van der Waals surface area contributed by atoms with E-state index in [0.717, 1.165) is 23.1 Å². The third-order valence-electron chi connectivity index (χ3n) is 2.55. The molecule has 1 rings (SSSR count). The van der Waals surface area contributed by atoms with Crippen LogP contribution >= 0.6 is 7.82 Å². The molecule has 2 N–H and O–H groups in total. The summed E-state index contributed by atoms with van der Waals surface area (Å²) in [7, 11) is -4.47. The highest BCUT2D eigenvalue weighted by molar-refractivity contribution is 7.46. The zero-order valence-corrected chi connectivity index (χ0v) is 10.6. The Hall–Kier alpha value is -0.830. The van der Waals surface area contributed by atoms with Crippen molar-refractivity contribution in [3.05, 3.63) is 28.8 Å². The molecule has 4 nitrogen and oxygen atoms in total. The van der Waals surface area contributed by atoms with E-state index >= 15 is 0 Å². The maximum Gasteiger partial charge on any atom is 0.524 e. The van der Waals surface area contributed by atoms with Gasteiger partial charge >= 0.3 is 7.82 Å². The van der Waals surface area contributed by atoms with Gasteiger partial charge in [-0.3, -0.25) is 9.79 Å². The van der Waals surface area contributed by atoms with Crippen LogP contribution in [0.3, 0.4) is 0 Å². The number of benzene rings is 1. The molecule has 0 aromatic heterocycles. The number of rotatable bonds is 4. The summed E-state index contributed by atoms with van der Waals surface area (Å²) in [5.74, 6) is 0.290. The minimum atomic E-state index is -4.47. The third kappa shape index (κ3) is 3.08. The van der Waals surface area contributed by atoms with E-state index in [9.17, 15) is 4.57 Å². The number of aryl methyl sites for hydroxylation is 1. The summed E-state index contributed by atoms with van der Waals surface area (Å²) in [6.07, 6.45) is 1.52. The van der Waals surface area contributed by atoms with E-state index < -0.39 is 7.82 Å². The lowest BCUT2D eigenvalue weighted by molar-refractivity contribution is 0.282. The summed E-state index contributed by atoms with van der Waals surface area (Å²) in [6.45, 7) is 5.95. The fourth-order valence-corrected chi connectivity index (χ4v) is 2.31. The van der Waals surface area contributed by atoms with Gasteiger partial charge in [0, 0.05) is 0 Å². The van der Waals surface area contributed by atoms with Gasteiger partial charge in [-0.1, -0.05) is 19.9 Å². The summed E-state index contributed by atoms with van der Waals surface area (Å²) in [5, 5.41) is 0. The van der Waals surface area contributed by atoms with E-state index in [-0.39, 0.29) is 0 Å². The Bertz CT molecular complexity index is 422. The van der Waals surface area contributed by atoms with Crippen molar-refractivity contribution in [1.29, 1.82) is 0 Å². The normalized spacial score (nSPS) is 11.6. The lowest BCUT2D eigenvalue weighted by atomic mass is 9.97. The Morgan fingerprint density at radius 2 is 1.75 bits per heavy atom. The average Bonchev–Trinajstić information content (AvgIpc) is 2.18. The highest BCUT2D eigenvalue weighted by Crippen LogP contribution is 2.40. The maximum atomic E-state index is 10.8. The fraction of sp³-hybridized carbons (Fsp3) is 0.455. The molecule has 0 saturated carbocycles. The summed E-state index contributed by atoms with van der Waals surface area (Å²) in [6, 6.07) is 3.44. The molecular weight excluding hydrogens is 227 g/mol. The Kier molecular flexibility index (Phi) is 4.14. The molecule has 0 bridgehead atoms. The van der Waals surface area contributed by atoms with Crippen LogP contribution in [0.1, 0.15) is 30.5 Å². The summed E-state index contributed by atoms with van der Waals surface area (Å²) >= 11 is 0. The van der Waals surface area contributed by atoms with E-state index in [0.29, 0.717) is 12.2 Å². The van der Waals surface area contributed by atoms with Gasteiger partial charge in [-0.25, -0.2) is 4.57 Å². The minimum Gasteiger partial charge on any atom is -0.404 e. The molecular formula is C11H17O4P. The molecule has 0 aliphatic heterocycles. The van der Waals surface area contributed by atoms with E-state index in [1.807, 2.05) is 26.8 Å². The molecule has 1 aromatic rings. The maximum absolute atomic E-state index is 10.8. The molecule has 0 fully saturated rings. The van der Waals surface area contributed by atoms with E-state index in [2.05, 4.69) is 4.52 Å². The predicted octanol–water partition coefficient (Wildman–Crippen LogP) is 2.59. The molecule has 0 unspecified atom stereocenters. The Morgan fingerprint density at radius 1 is 1.19 bits per heavy atom. The van der Waals surface area contributed by atoms with Crippen molar-refractivity contribution in [2.24, 2.45) is 0 Å². The SMILES string of the molecule is CCc1c(C)ccc(OP(=O)(O)O)c1CC. The van der Waals surface area contributed by atoms with Crippen LogP contribution in [0.15, 0.2) is 12.1 Å². The lowest BCUT2D eigenvalue weighted by Gasteiger charge is -2.16. The lowest BCUT2D eigenvalue weighted by Crippen LogP contribution is -2.00. The number of hydrogen-bond acceptors (Lipinski definition) is 2. The van der Waals surface area contributed by atoms with Crippen LogP contribution in [0.25, 0.3) is 0 Å². The highest BCUT2D eigenvalue weighted by Gasteiger charge is 2.19. The van der Waals surface area contributed by atoms with E-state index in [1.165, 1.54) is 0 Å². The van der Waals surface area contributed by atoms with Gasteiger partial charge in [-0.05, 0) is 42.5 Å². The van der Waals surface area contributed by atoms with Gasteiger partial charge < -0.3 is 4.52 Å². The number of phosphoric ester groups is 1. The third-order valence-corrected chi connectivity index (χ3v) is 2.98. The van der Waals surface area contributed by atoms with Gasteiger partial charge in [0.05, 0.1) is 0 Å². The van der Waals surface area contributed by atoms with Crippen molar-refractivity contribution in [2.75, 3.05) is 0 Å². The van der Waals surface area contributed by atoms with E-state index in [4.69, 9.17) is 9.79 Å². The standard InChI is InChI=1S/C11H17O4P/c1-4-9-8(3)6-7-11(10(9)5-2)15-16(12,13)14/h6-7H,4-5H2,1-3H3,(H2,12,13,14). The molecule has 0 atom stereocenters. The molecule has 16 heavy (non-hydrogen) atoms. The fourth-order valence-electron chi connectivity index (χ4n) is 1.88. The molecule has 0 radical (unpaired) electrons. The number of phosphoric acid groups is 1. The minimum absolute atomic E-state index is 0.290. The topological polar surface area (TPSA) is 66.8 Å². The van der Waals surface area contributed by atoms with Crippen LogP contribution in [0.5, 0.6) is 5.75 Å². The molecule has 1 aromatic carbocycles. The van der Waals surface area contributed by atoms with Crippen LogP contribution in [0.2, 0.25) is 0 Å². The van der Waals surface area contributed by atoms with Crippen LogP contribution in [-0.4, -0.2) is 9.79 Å². The van der Waals surface area contributed by atoms with Crippen molar-refractivity contribution >= 4 is 7.82 Å². The van der Waals surface area contributed by atoms with Crippen molar-refractivity contribution in [3.8, 4) is 5.75 Å². The van der Waals surface area contributed by atoms with Gasteiger partial charge in [0.1, 0.15) is 5.75 Å². The quantitative estimate of drug-likeness (QED) is 0.799. The molecule has 0 aliphatic rings. The summed E-state index contributed by atoms with van der Waals surface area (Å²) in [5.41, 5.74) is 3.11. The van der Waals surface area contributed by atoms with Crippen LogP contribution in [0, 0.1) is 6.92 Å². The van der Waals surface area contributed by atoms with Crippen LogP contribution in [-0.2, 0) is 17.4 Å². The average molecular weight is 244 g/mol. The second kappa shape index (κ2) is 5.00. The first-order valence-electron chi connectivity index (χ1n) is 5.25. The Morgan fingerprint density at radius 3 is 2.19 bits per heavy atom.